The molecule has 0 fully saturated rings. The molecule has 1 aliphatic carbocycles. The number of aryl methyl sites for hydroxylation is 1. The second-order valence-corrected chi connectivity index (χ2v) is 8.96. The number of rotatable bonds is 6. The van der Waals surface area contributed by atoms with Gasteiger partial charge in [0, 0.05) is 40.6 Å². The van der Waals surface area contributed by atoms with Crippen LogP contribution < -0.4 is 5.32 Å². The number of aromatic nitrogens is 2. The van der Waals surface area contributed by atoms with Gasteiger partial charge in [-0.3, -0.25) is 9.59 Å². The molecular formula is C25H23ClFN3O3. The second kappa shape index (κ2) is 8.56. The fourth-order valence-electron chi connectivity index (χ4n) is 5.02. The number of hydrogen-bond acceptors (Lipinski definition) is 2. The zero-order chi connectivity index (χ0) is 23.1. The van der Waals surface area contributed by atoms with Crippen LogP contribution in [-0.2, 0) is 35.4 Å². The molecule has 33 heavy (non-hydrogen) atoms. The maximum Gasteiger partial charge on any atom is 0.323 e. The number of hydrogen-bond donors (Lipinski definition) is 3. The number of carbonyl (C=O) groups is 2. The number of para-hydroxylation sites is 1. The fraction of sp³-hybridized carbons (Fsp3) is 0.280. The van der Waals surface area contributed by atoms with Crippen LogP contribution in [0.1, 0.15) is 29.7 Å². The van der Waals surface area contributed by atoms with Crippen molar-refractivity contribution in [3.05, 3.63) is 70.3 Å². The molecule has 2 heterocycles. The molecule has 0 spiro atoms. The summed E-state index contributed by atoms with van der Waals surface area (Å²) in [5, 5.41) is 14.4. The standard InChI is InChI=1S/C25H23ClFN3O3/c26-20-10-15(27)9-19-18-11-16(6-7-22(18)30(25(19)20)13-24(32)33)29-23(31)8-5-14-12-28-21-4-2-1-3-17(14)21/h1-4,9-10,12,16,28H,5-8,11,13H2,(H,29,31)(H,32,33). The van der Waals surface area contributed by atoms with Crippen molar-refractivity contribution in [1.82, 2.24) is 14.9 Å². The van der Waals surface area contributed by atoms with E-state index in [1.165, 1.54) is 12.1 Å². The Morgan fingerprint density at radius 1 is 1.24 bits per heavy atom. The van der Waals surface area contributed by atoms with Crippen LogP contribution in [0, 0.1) is 5.82 Å². The summed E-state index contributed by atoms with van der Waals surface area (Å²) < 4.78 is 15.8. The maximum absolute atomic E-state index is 14.1. The minimum Gasteiger partial charge on any atom is -0.480 e. The summed E-state index contributed by atoms with van der Waals surface area (Å²) >= 11 is 6.30. The quantitative estimate of drug-likeness (QED) is 0.387. The van der Waals surface area contributed by atoms with Crippen molar-refractivity contribution in [3.63, 3.8) is 0 Å². The summed E-state index contributed by atoms with van der Waals surface area (Å²) in [5.74, 6) is -1.48. The number of amides is 1. The Labute approximate surface area is 194 Å². The Balaban J connectivity index is 1.33. The molecular weight excluding hydrogens is 445 g/mol. The number of benzene rings is 2. The molecule has 0 saturated carbocycles. The van der Waals surface area contributed by atoms with Crippen LogP contribution in [0.3, 0.4) is 0 Å². The molecule has 5 rings (SSSR count). The Morgan fingerprint density at radius 2 is 2.06 bits per heavy atom. The van der Waals surface area contributed by atoms with Crippen LogP contribution in [0.25, 0.3) is 21.8 Å². The molecule has 2 aromatic carbocycles. The van der Waals surface area contributed by atoms with E-state index >= 15 is 0 Å². The molecule has 1 amide bonds. The van der Waals surface area contributed by atoms with Gasteiger partial charge in [-0.15, -0.1) is 0 Å². The molecule has 4 aromatic rings. The third-order valence-corrected chi connectivity index (χ3v) is 6.72. The average Bonchev–Trinajstić information content (AvgIpc) is 3.31. The van der Waals surface area contributed by atoms with E-state index in [0.29, 0.717) is 43.0 Å². The number of carboxylic acids is 1. The smallest absolute Gasteiger partial charge is 0.323 e. The van der Waals surface area contributed by atoms with Gasteiger partial charge in [0.15, 0.2) is 0 Å². The first kappa shape index (κ1) is 21.5. The summed E-state index contributed by atoms with van der Waals surface area (Å²) in [6.07, 6.45) is 4.72. The minimum atomic E-state index is -0.984. The molecule has 1 atom stereocenters. The molecule has 6 nitrogen and oxygen atoms in total. The molecule has 170 valence electrons. The number of halogens is 2. The first-order valence-electron chi connectivity index (χ1n) is 11.0. The van der Waals surface area contributed by atoms with Gasteiger partial charge in [-0.25, -0.2) is 4.39 Å². The lowest BCUT2D eigenvalue weighted by Crippen LogP contribution is -2.39. The predicted molar refractivity (Wildman–Crippen MR) is 125 cm³/mol. The van der Waals surface area contributed by atoms with Gasteiger partial charge in [-0.2, -0.15) is 0 Å². The van der Waals surface area contributed by atoms with E-state index in [9.17, 15) is 19.1 Å². The second-order valence-electron chi connectivity index (χ2n) is 8.56. The molecule has 1 unspecified atom stereocenters. The fourth-order valence-corrected chi connectivity index (χ4v) is 5.32. The van der Waals surface area contributed by atoms with Crippen LogP contribution in [0.5, 0.6) is 0 Å². The van der Waals surface area contributed by atoms with E-state index in [-0.39, 0.29) is 23.5 Å². The number of carboxylic acid groups (broad SMARTS) is 1. The highest BCUT2D eigenvalue weighted by molar-refractivity contribution is 6.35. The lowest BCUT2D eigenvalue weighted by Gasteiger charge is -2.25. The Morgan fingerprint density at radius 3 is 2.88 bits per heavy atom. The number of fused-ring (bicyclic) bond motifs is 4. The summed E-state index contributed by atoms with van der Waals surface area (Å²) in [6.45, 7) is -0.237. The third-order valence-electron chi connectivity index (χ3n) is 6.43. The minimum absolute atomic E-state index is 0.0350. The van der Waals surface area contributed by atoms with Gasteiger partial charge in [-0.1, -0.05) is 29.8 Å². The highest BCUT2D eigenvalue weighted by atomic mass is 35.5. The molecule has 0 saturated heterocycles. The van der Waals surface area contributed by atoms with E-state index in [1.54, 1.807) is 4.57 Å². The van der Waals surface area contributed by atoms with E-state index < -0.39 is 11.8 Å². The zero-order valence-electron chi connectivity index (χ0n) is 17.8. The predicted octanol–water partition coefficient (Wildman–Crippen LogP) is 4.61. The van der Waals surface area contributed by atoms with Gasteiger partial charge in [0.25, 0.3) is 0 Å². The van der Waals surface area contributed by atoms with Gasteiger partial charge in [0.1, 0.15) is 12.4 Å². The van der Waals surface area contributed by atoms with Crippen LogP contribution >= 0.6 is 11.6 Å². The van der Waals surface area contributed by atoms with Gasteiger partial charge in [0.2, 0.25) is 5.91 Å². The van der Waals surface area contributed by atoms with Crippen molar-refractivity contribution < 1.29 is 19.1 Å². The number of H-pyrrole nitrogens is 1. The topological polar surface area (TPSA) is 87.1 Å². The van der Waals surface area contributed by atoms with Crippen LogP contribution in [-0.4, -0.2) is 32.6 Å². The Hall–Kier alpha value is -3.32. The van der Waals surface area contributed by atoms with Crippen molar-refractivity contribution in [2.45, 2.75) is 44.7 Å². The van der Waals surface area contributed by atoms with E-state index in [2.05, 4.69) is 10.3 Å². The van der Waals surface area contributed by atoms with Gasteiger partial charge < -0.3 is 20.0 Å². The molecule has 1 aliphatic rings. The largest absolute Gasteiger partial charge is 0.480 e. The number of aromatic amines is 1. The molecule has 0 aliphatic heterocycles. The van der Waals surface area contributed by atoms with E-state index in [4.69, 9.17) is 11.6 Å². The normalized spacial score (nSPS) is 15.6. The third kappa shape index (κ3) is 4.09. The van der Waals surface area contributed by atoms with Crippen molar-refractivity contribution in [1.29, 1.82) is 0 Å². The highest BCUT2D eigenvalue weighted by Gasteiger charge is 2.28. The van der Waals surface area contributed by atoms with Gasteiger partial charge >= 0.3 is 5.97 Å². The molecule has 2 aromatic heterocycles. The number of nitrogens with one attached hydrogen (secondary N) is 2. The molecule has 0 radical (unpaired) electrons. The van der Waals surface area contributed by atoms with Crippen LogP contribution in [0.2, 0.25) is 5.02 Å². The first-order valence-corrected chi connectivity index (χ1v) is 11.3. The van der Waals surface area contributed by atoms with Gasteiger partial charge in [-0.05, 0) is 55.0 Å². The van der Waals surface area contributed by atoms with Gasteiger partial charge in [0.05, 0.1) is 10.5 Å². The summed E-state index contributed by atoms with van der Waals surface area (Å²) in [5.41, 5.74) is 4.41. The lowest BCUT2D eigenvalue weighted by molar-refractivity contribution is -0.137. The van der Waals surface area contributed by atoms with E-state index in [0.717, 1.165) is 27.7 Å². The van der Waals surface area contributed by atoms with Crippen LogP contribution in [0.4, 0.5) is 4.39 Å². The zero-order valence-corrected chi connectivity index (χ0v) is 18.6. The van der Waals surface area contributed by atoms with Crippen LogP contribution in [0.15, 0.2) is 42.6 Å². The Bertz CT molecular complexity index is 1390. The Kier molecular flexibility index (Phi) is 5.58. The van der Waals surface area contributed by atoms with Crippen molar-refractivity contribution in [2.24, 2.45) is 0 Å². The molecule has 3 N–H and O–H groups in total. The monoisotopic (exact) mass is 467 g/mol. The lowest BCUT2D eigenvalue weighted by atomic mass is 9.91. The molecule has 8 heteroatoms. The number of carbonyl (C=O) groups excluding carboxylic acids is 1. The highest BCUT2D eigenvalue weighted by Crippen LogP contribution is 2.36. The first-order chi connectivity index (χ1) is 15.9. The summed E-state index contributed by atoms with van der Waals surface area (Å²) in [6, 6.07) is 10.5. The average molecular weight is 468 g/mol. The van der Waals surface area contributed by atoms with Crippen molar-refractivity contribution in [2.75, 3.05) is 0 Å². The molecule has 0 bridgehead atoms. The SMILES string of the molecule is O=C(O)Cn1c2c(c3cc(F)cc(Cl)c31)CC(NC(=O)CCc1c[nH]c3ccccc13)CC2. The number of aliphatic carboxylic acids is 1. The van der Waals surface area contributed by atoms with Crippen molar-refractivity contribution in [3.8, 4) is 0 Å². The van der Waals surface area contributed by atoms with E-state index in [1.807, 2.05) is 30.5 Å². The van der Waals surface area contributed by atoms with Crippen molar-refractivity contribution >= 4 is 45.3 Å². The maximum atomic E-state index is 14.1. The summed E-state index contributed by atoms with van der Waals surface area (Å²) in [7, 11) is 0. The summed E-state index contributed by atoms with van der Waals surface area (Å²) in [4.78, 5) is 27.4. The number of nitrogens with zero attached hydrogens (tertiary/aromatic N) is 1.